The normalized spacial score (nSPS) is 18.8. The lowest BCUT2D eigenvalue weighted by atomic mass is 9.89. The first-order valence-corrected chi connectivity index (χ1v) is 7.99. The van der Waals surface area contributed by atoms with Crippen molar-refractivity contribution < 1.29 is 22.7 Å². The Morgan fingerprint density at radius 3 is 2.55 bits per heavy atom. The van der Waals surface area contributed by atoms with Gasteiger partial charge in [0.1, 0.15) is 10.5 Å². The number of carbonyl (C=O) groups is 1. The Morgan fingerprint density at radius 1 is 1.36 bits per heavy atom. The SMILES string of the molecule is CN(C(=O)OC(C)(C)C)C1CCc2csc(C(F)(F)F)c2C1. The Balaban J connectivity index is 2.14. The number of fused-ring (bicyclic) bond motifs is 1. The van der Waals surface area contributed by atoms with Crippen LogP contribution in [0.1, 0.15) is 43.2 Å². The van der Waals surface area contributed by atoms with E-state index < -0.39 is 22.7 Å². The van der Waals surface area contributed by atoms with Gasteiger partial charge in [0.2, 0.25) is 0 Å². The average Bonchev–Trinajstić information content (AvgIpc) is 2.78. The van der Waals surface area contributed by atoms with Crippen LogP contribution in [0, 0.1) is 0 Å². The second-order valence-corrected chi connectivity index (χ2v) is 7.43. The van der Waals surface area contributed by atoms with Crippen LogP contribution in [0.2, 0.25) is 0 Å². The van der Waals surface area contributed by atoms with Gasteiger partial charge >= 0.3 is 12.3 Å². The summed E-state index contributed by atoms with van der Waals surface area (Å²) in [6.07, 6.45) is -3.39. The molecule has 0 saturated heterocycles. The van der Waals surface area contributed by atoms with Crippen LogP contribution < -0.4 is 0 Å². The molecule has 0 saturated carbocycles. The van der Waals surface area contributed by atoms with Crippen molar-refractivity contribution in [2.75, 3.05) is 7.05 Å². The van der Waals surface area contributed by atoms with Gasteiger partial charge in [0.25, 0.3) is 0 Å². The molecule has 1 heterocycles. The number of amides is 1. The maximum Gasteiger partial charge on any atom is 0.425 e. The number of hydrogen-bond donors (Lipinski definition) is 0. The zero-order chi connectivity index (χ0) is 16.7. The summed E-state index contributed by atoms with van der Waals surface area (Å²) in [4.78, 5) is 13.0. The smallest absolute Gasteiger partial charge is 0.425 e. The molecule has 0 aliphatic heterocycles. The van der Waals surface area contributed by atoms with Gasteiger partial charge < -0.3 is 9.64 Å². The fraction of sp³-hybridized carbons (Fsp3) is 0.667. The monoisotopic (exact) mass is 335 g/mol. The minimum absolute atomic E-state index is 0.226. The van der Waals surface area contributed by atoms with Crippen LogP contribution in [-0.4, -0.2) is 29.7 Å². The van der Waals surface area contributed by atoms with Crippen LogP contribution in [0.3, 0.4) is 0 Å². The molecule has 0 aromatic carbocycles. The number of rotatable bonds is 1. The summed E-state index contributed by atoms with van der Waals surface area (Å²) in [5.74, 6) is 0. The van der Waals surface area contributed by atoms with Gasteiger partial charge in [-0.25, -0.2) is 4.79 Å². The first kappa shape index (κ1) is 17.1. The molecule has 1 aliphatic rings. The molecule has 1 aromatic rings. The van der Waals surface area contributed by atoms with E-state index in [1.807, 2.05) is 0 Å². The molecule has 0 N–H and O–H groups in total. The zero-order valence-corrected chi connectivity index (χ0v) is 13.9. The number of ether oxygens (including phenoxy) is 1. The van der Waals surface area contributed by atoms with Crippen molar-refractivity contribution in [3.05, 3.63) is 21.4 Å². The summed E-state index contributed by atoms with van der Waals surface area (Å²) in [5.41, 5.74) is 0.473. The molecule has 7 heteroatoms. The largest absolute Gasteiger partial charge is 0.444 e. The van der Waals surface area contributed by atoms with E-state index >= 15 is 0 Å². The summed E-state index contributed by atoms with van der Waals surface area (Å²) < 4.78 is 44.4. The topological polar surface area (TPSA) is 29.5 Å². The van der Waals surface area contributed by atoms with Crippen molar-refractivity contribution >= 4 is 17.4 Å². The Hall–Kier alpha value is -1.24. The first-order chi connectivity index (χ1) is 9.99. The zero-order valence-electron chi connectivity index (χ0n) is 13.1. The van der Waals surface area contributed by atoms with Gasteiger partial charge in [-0.2, -0.15) is 13.2 Å². The van der Waals surface area contributed by atoms with Crippen molar-refractivity contribution in [1.82, 2.24) is 4.90 Å². The number of hydrogen-bond acceptors (Lipinski definition) is 3. The maximum absolute atomic E-state index is 13.0. The fourth-order valence-electron chi connectivity index (χ4n) is 2.56. The molecule has 1 atom stereocenters. The van der Waals surface area contributed by atoms with Gasteiger partial charge in [-0.3, -0.25) is 0 Å². The number of halogens is 3. The number of carbonyl (C=O) groups excluding carboxylic acids is 1. The van der Waals surface area contributed by atoms with E-state index in [1.54, 1.807) is 33.2 Å². The Morgan fingerprint density at radius 2 is 2.00 bits per heavy atom. The van der Waals surface area contributed by atoms with Crippen LogP contribution in [-0.2, 0) is 23.8 Å². The lowest BCUT2D eigenvalue weighted by Crippen LogP contribution is -2.43. The third-order valence-corrected chi connectivity index (χ3v) is 4.77. The van der Waals surface area contributed by atoms with Crippen molar-refractivity contribution in [1.29, 1.82) is 0 Å². The molecule has 0 radical (unpaired) electrons. The van der Waals surface area contributed by atoms with E-state index in [4.69, 9.17) is 4.74 Å². The number of aryl methyl sites for hydroxylation is 1. The van der Waals surface area contributed by atoms with Crippen molar-refractivity contribution in [3.63, 3.8) is 0 Å². The van der Waals surface area contributed by atoms with Crippen LogP contribution in [0.4, 0.5) is 18.0 Å². The molecule has 2 rings (SSSR count). The summed E-state index contributed by atoms with van der Waals surface area (Å²) in [5, 5.41) is 1.59. The average molecular weight is 335 g/mol. The van der Waals surface area contributed by atoms with Gasteiger partial charge in [0, 0.05) is 13.1 Å². The van der Waals surface area contributed by atoms with Gasteiger partial charge in [-0.05, 0) is 56.5 Å². The molecular weight excluding hydrogens is 315 g/mol. The van der Waals surface area contributed by atoms with Gasteiger partial charge in [-0.15, -0.1) is 11.3 Å². The minimum atomic E-state index is -4.33. The molecule has 1 aliphatic carbocycles. The highest BCUT2D eigenvalue weighted by Crippen LogP contribution is 2.41. The number of likely N-dealkylation sites (N-methyl/N-ethyl adjacent to an activating group) is 1. The molecule has 1 aromatic heterocycles. The first-order valence-electron chi connectivity index (χ1n) is 7.11. The maximum atomic E-state index is 13.0. The predicted octanol–water partition coefficient (Wildman–Crippen LogP) is 4.49. The third kappa shape index (κ3) is 3.74. The highest BCUT2D eigenvalue weighted by Gasteiger charge is 2.39. The van der Waals surface area contributed by atoms with E-state index in [0.29, 0.717) is 18.4 Å². The highest BCUT2D eigenvalue weighted by atomic mass is 32.1. The number of thiophene rings is 1. The minimum Gasteiger partial charge on any atom is -0.444 e. The molecule has 22 heavy (non-hydrogen) atoms. The molecule has 0 fully saturated rings. The Kier molecular flexibility index (Phi) is 4.48. The Labute approximate surface area is 132 Å². The van der Waals surface area contributed by atoms with Crippen molar-refractivity contribution in [2.24, 2.45) is 0 Å². The standard InChI is InChI=1S/C15H20F3NO2S/c1-14(2,3)21-13(20)19(4)10-6-5-9-8-22-12(11(9)7-10)15(16,17)18/h8,10H,5-7H2,1-4H3. The molecule has 124 valence electrons. The van der Waals surface area contributed by atoms with E-state index in [0.717, 1.165) is 16.9 Å². The summed E-state index contributed by atoms with van der Waals surface area (Å²) in [6.45, 7) is 5.29. The molecule has 1 amide bonds. The summed E-state index contributed by atoms with van der Waals surface area (Å²) in [7, 11) is 1.59. The van der Waals surface area contributed by atoms with Crippen LogP contribution in [0.25, 0.3) is 0 Å². The van der Waals surface area contributed by atoms with Crippen LogP contribution in [0.15, 0.2) is 5.38 Å². The highest BCUT2D eigenvalue weighted by molar-refractivity contribution is 7.10. The van der Waals surface area contributed by atoms with Crippen molar-refractivity contribution in [3.8, 4) is 0 Å². The van der Waals surface area contributed by atoms with E-state index in [2.05, 4.69) is 0 Å². The van der Waals surface area contributed by atoms with E-state index in [-0.39, 0.29) is 12.5 Å². The number of nitrogens with zero attached hydrogens (tertiary/aromatic N) is 1. The fourth-order valence-corrected chi connectivity index (χ4v) is 3.57. The van der Waals surface area contributed by atoms with E-state index in [9.17, 15) is 18.0 Å². The molecule has 1 unspecified atom stereocenters. The molecule has 0 bridgehead atoms. The Bertz CT molecular complexity index is 560. The summed E-state index contributed by atoms with van der Waals surface area (Å²) in [6, 6.07) is -0.266. The van der Waals surface area contributed by atoms with Crippen molar-refractivity contribution in [2.45, 2.75) is 57.9 Å². The predicted molar refractivity (Wildman–Crippen MR) is 79.1 cm³/mol. The second-order valence-electron chi connectivity index (χ2n) is 6.55. The lowest BCUT2D eigenvalue weighted by Gasteiger charge is -2.33. The van der Waals surface area contributed by atoms with Crippen LogP contribution in [0.5, 0.6) is 0 Å². The second kappa shape index (κ2) is 5.76. The van der Waals surface area contributed by atoms with Gasteiger partial charge in [0.05, 0.1) is 0 Å². The quantitative estimate of drug-likeness (QED) is 0.757. The molecular formula is C15H20F3NO2S. The molecule has 0 spiro atoms. The van der Waals surface area contributed by atoms with Gasteiger partial charge in [-0.1, -0.05) is 0 Å². The molecule has 3 nitrogen and oxygen atoms in total. The van der Waals surface area contributed by atoms with Crippen LogP contribution >= 0.6 is 11.3 Å². The lowest BCUT2D eigenvalue weighted by molar-refractivity contribution is -0.135. The summed E-state index contributed by atoms with van der Waals surface area (Å²) >= 11 is 0.745. The van der Waals surface area contributed by atoms with Gasteiger partial charge in [0.15, 0.2) is 0 Å². The third-order valence-electron chi connectivity index (χ3n) is 3.65. The van der Waals surface area contributed by atoms with E-state index in [1.165, 1.54) is 4.90 Å². The number of alkyl halides is 3.